The fourth-order valence-electron chi connectivity index (χ4n) is 3.17. The van der Waals surface area contributed by atoms with Crippen molar-refractivity contribution in [2.24, 2.45) is 0 Å². The summed E-state index contributed by atoms with van der Waals surface area (Å²) in [7, 11) is 3.80. The van der Waals surface area contributed by atoms with Crippen LogP contribution in [0.25, 0.3) is 0 Å². The summed E-state index contributed by atoms with van der Waals surface area (Å²) >= 11 is 2.09. The molecule has 1 aromatic rings. The molecule has 1 N–H and O–H groups in total. The van der Waals surface area contributed by atoms with Crippen LogP contribution in [0.4, 0.5) is 0 Å². The average molecular weight is 294 g/mol. The third kappa shape index (κ3) is 2.96. The van der Waals surface area contributed by atoms with Gasteiger partial charge in [-0.1, -0.05) is 0 Å². The average Bonchev–Trinajstić information content (AvgIpc) is 2.86. The zero-order valence-electron chi connectivity index (χ0n) is 13.2. The van der Waals surface area contributed by atoms with E-state index in [1.165, 1.54) is 24.2 Å². The molecular formula is C16H26N2OS. The SMILES string of the molecule is CNC(Cc1ncc(C)c(OC)c1C)C1(C)CCCS1. The maximum absolute atomic E-state index is 5.52. The molecule has 112 valence electrons. The van der Waals surface area contributed by atoms with Crippen LogP contribution in [-0.2, 0) is 6.42 Å². The second-order valence-corrected chi connectivity index (χ2v) is 7.49. The first-order valence-electron chi connectivity index (χ1n) is 7.32. The first kappa shape index (κ1) is 15.6. The molecule has 0 bridgehead atoms. The van der Waals surface area contributed by atoms with Crippen molar-refractivity contribution in [3.8, 4) is 5.75 Å². The summed E-state index contributed by atoms with van der Waals surface area (Å²) in [5, 5.41) is 3.51. The number of pyridine rings is 1. The van der Waals surface area contributed by atoms with Crippen molar-refractivity contribution < 1.29 is 4.74 Å². The van der Waals surface area contributed by atoms with Crippen molar-refractivity contribution in [1.29, 1.82) is 0 Å². The molecule has 1 aliphatic rings. The molecule has 20 heavy (non-hydrogen) atoms. The van der Waals surface area contributed by atoms with Gasteiger partial charge in [0.25, 0.3) is 0 Å². The Bertz CT molecular complexity index is 470. The van der Waals surface area contributed by atoms with Crippen LogP contribution in [0.3, 0.4) is 0 Å². The number of ether oxygens (including phenoxy) is 1. The minimum atomic E-state index is 0.320. The Morgan fingerprint density at radius 3 is 2.80 bits per heavy atom. The van der Waals surface area contributed by atoms with Crippen molar-refractivity contribution in [2.45, 2.75) is 50.8 Å². The van der Waals surface area contributed by atoms with Gasteiger partial charge in [-0.2, -0.15) is 11.8 Å². The minimum absolute atomic E-state index is 0.320. The normalized spacial score (nSPS) is 23.9. The highest BCUT2D eigenvalue weighted by Gasteiger charge is 2.37. The lowest BCUT2D eigenvalue weighted by molar-refractivity contribution is 0.401. The molecule has 0 spiro atoms. The summed E-state index contributed by atoms with van der Waals surface area (Å²) in [5.74, 6) is 2.26. The molecule has 2 unspecified atom stereocenters. The largest absolute Gasteiger partial charge is 0.496 e. The summed E-state index contributed by atoms with van der Waals surface area (Å²) in [6, 6.07) is 0.452. The summed E-state index contributed by atoms with van der Waals surface area (Å²) in [5.41, 5.74) is 3.44. The molecule has 1 aliphatic heterocycles. The first-order valence-corrected chi connectivity index (χ1v) is 8.30. The number of rotatable bonds is 5. The first-order chi connectivity index (χ1) is 9.51. The highest BCUT2D eigenvalue weighted by molar-refractivity contribution is 8.00. The van der Waals surface area contributed by atoms with Crippen LogP contribution in [0.1, 0.15) is 36.6 Å². The number of likely N-dealkylation sites (N-methyl/N-ethyl adjacent to an activating group) is 1. The molecule has 2 heterocycles. The zero-order valence-corrected chi connectivity index (χ0v) is 14.1. The monoisotopic (exact) mass is 294 g/mol. The maximum atomic E-state index is 5.52. The van der Waals surface area contributed by atoms with Crippen LogP contribution in [0.2, 0.25) is 0 Å². The molecular weight excluding hydrogens is 268 g/mol. The van der Waals surface area contributed by atoms with Gasteiger partial charge in [0.1, 0.15) is 5.75 Å². The Morgan fingerprint density at radius 2 is 2.25 bits per heavy atom. The van der Waals surface area contributed by atoms with E-state index in [4.69, 9.17) is 4.74 Å². The van der Waals surface area contributed by atoms with Crippen LogP contribution in [0, 0.1) is 13.8 Å². The van der Waals surface area contributed by atoms with Gasteiger partial charge in [0.15, 0.2) is 0 Å². The number of aromatic nitrogens is 1. The third-order valence-corrected chi connectivity index (χ3v) is 6.12. The van der Waals surface area contributed by atoms with E-state index in [9.17, 15) is 0 Å². The van der Waals surface area contributed by atoms with Crippen molar-refractivity contribution in [3.63, 3.8) is 0 Å². The smallest absolute Gasteiger partial charge is 0.128 e. The van der Waals surface area contributed by atoms with E-state index >= 15 is 0 Å². The van der Waals surface area contributed by atoms with Gasteiger partial charge in [-0.3, -0.25) is 4.98 Å². The van der Waals surface area contributed by atoms with Crippen LogP contribution in [-0.4, -0.2) is 35.7 Å². The summed E-state index contributed by atoms with van der Waals surface area (Å²) in [4.78, 5) is 4.65. The summed E-state index contributed by atoms with van der Waals surface area (Å²) in [6.07, 6.45) is 5.49. The number of methoxy groups -OCH3 is 1. The Hall–Kier alpha value is -0.740. The quantitative estimate of drug-likeness (QED) is 0.905. The zero-order chi connectivity index (χ0) is 14.8. The van der Waals surface area contributed by atoms with Gasteiger partial charge in [-0.05, 0) is 46.4 Å². The van der Waals surface area contributed by atoms with Gasteiger partial charge in [-0.15, -0.1) is 0 Å². The Kier molecular flexibility index (Phi) is 4.97. The molecule has 2 rings (SSSR count). The Morgan fingerprint density at radius 1 is 1.50 bits per heavy atom. The highest BCUT2D eigenvalue weighted by Crippen LogP contribution is 2.41. The summed E-state index contributed by atoms with van der Waals surface area (Å²) in [6.45, 7) is 6.55. The predicted octanol–water partition coefficient (Wildman–Crippen LogP) is 3.12. The van der Waals surface area contributed by atoms with Gasteiger partial charge >= 0.3 is 0 Å². The number of thioether (sulfide) groups is 1. The minimum Gasteiger partial charge on any atom is -0.496 e. The summed E-state index contributed by atoms with van der Waals surface area (Å²) < 4.78 is 5.84. The van der Waals surface area contributed by atoms with Gasteiger partial charge in [-0.25, -0.2) is 0 Å². The molecule has 1 aromatic heterocycles. The fraction of sp³-hybridized carbons (Fsp3) is 0.688. The molecule has 0 aromatic carbocycles. The van der Waals surface area contributed by atoms with E-state index in [1.54, 1.807) is 7.11 Å². The topological polar surface area (TPSA) is 34.2 Å². The second-order valence-electron chi connectivity index (χ2n) is 5.86. The van der Waals surface area contributed by atoms with E-state index in [0.29, 0.717) is 10.8 Å². The van der Waals surface area contributed by atoms with Crippen LogP contribution >= 0.6 is 11.8 Å². The molecule has 1 saturated heterocycles. The lowest BCUT2D eigenvalue weighted by atomic mass is 9.91. The van der Waals surface area contributed by atoms with Crippen molar-refractivity contribution >= 4 is 11.8 Å². The molecule has 4 heteroatoms. The van der Waals surface area contributed by atoms with Crippen LogP contribution in [0.5, 0.6) is 5.75 Å². The molecule has 1 fully saturated rings. The second kappa shape index (κ2) is 6.35. The Balaban J connectivity index is 2.24. The molecule has 0 aliphatic carbocycles. The van der Waals surface area contributed by atoms with Gasteiger partial charge < -0.3 is 10.1 Å². The number of nitrogens with zero attached hydrogens (tertiary/aromatic N) is 1. The molecule has 0 radical (unpaired) electrons. The van der Waals surface area contributed by atoms with Crippen molar-refractivity contribution in [1.82, 2.24) is 10.3 Å². The van der Waals surface area contributed by atoms with E-state index < -0.39 is 0 Å². The molecule has 2 atom stereocenters. The standard InChI is InChI=1S/C16H26N2OS/c1-11-10-18-13(12(2)15(11)19-5)9-14(17-4)16(3)7-6-8-20-16/h10,14,17H,6-9H2,1-5H3. The molecule has 0 saturated carbocycles. The number of hydrogen-bond donors (Lipinski definition) is 1. The number of hydrogen-bond acceptors (Lipinski definition) is 4. The van der Waals surface area contributed by atoms with E-state index in [1.807, 2.05) is 13.1 Å². The van der Waals surface area contributed by atoms with Crippen molar-refractivity contribution in [2.75, 3.05) is 19.9 Å². The molecule has 0 amide bonds. The van der Waals surface area contributed by atoms with Crippen molar-refractivity contribution in [3.05, 3.63) is 23.0 Å². The highest BCUT2D eigenvalue weighted by atomic mass is 32.2. The molecule has 3 nitrogen and oxygen atoms in total. The van der Waals surface area contributed by atoms with Gasteiger partial charge in [0.05, 0.1) is 7.11 Å². The van der Waals surface area contributed by atoms with E-state index in [2.05, 4.69) is 43.0 Å². The van der Waals surface area contributed by atoms with E-state index in [0.717, 1.165) is 23.4 Å². The predicted molar refractivity (Wildman–Crippen MR) is 86.9 cm³/mol. The number of aryl methyl sites for hydroxylation is 1. The number of nitrogens with one attached hydrogen (secondary N) is 1. The lowest BCUT2D eigenvalue weighted by Crippen LogP contribution is -2.45. The lowest BCUT2D eigenvalue weighted by Gasteiger charge is -2.33. The van der Waals surface area contributed by atoms with Crippen LogP contribution in [0.15, 0.2) is 6.20 Å². The van der Waals surface area contributed by atoms with Gasteiger partial charge in [0.2, 0.25) is 0 Å². The van der Waals surface area contributed by atoms with Gasteiger partial charge in [0, 0.05) is 40.2 Å². The Labute approximate surface area is 126 Å². The maximum Gasteiger partial charge on any atom is 0.128 e. The third-order valence-electron chi connectivity index (χ3n) is 4.48. The van der Waals surface area contributed by atoms with Crippen LogP contribution < -0.4 is 10.1 Å². The van der Waals surface area contributed by atoms with E-state index in [-0.39, 0.29) is 0 Å². The fourth-order valence-corrected chi connectivity index (χ4v) is 4.62.